The van der Waals surface area contributed by atoms with Crippen LogP contribution in [0.1, 0.15) is 19.8 Å². The molecular weight excluding hydrogens is 156 g/mol. The molecule has 0 aliphatic carbocycles. The Bertz CT molecular complexity index is 142. The lowest BCUT2D eigenvalue weighted by atomic mass is 10.3. The first kappa shape index (κ1) is 9.48. The molecule has 4 nitrogen and oxygen atoms in total. The van der Waals surface area contributed by atoms with Crippen LogP contribution in [0.15, 0.2) is 0 Å². The molecule has 1 aliphatic heterocycles. The van der Waals surface area contributed by atoms with E-state index in [-0.39, 0.29) is 12.1 Å². The zero-order valence-electron chi connectivity index (χ0n) is 7.43. The van der Waals surface area contributed by atoms with Crippen molar-refractivity contribution >= 4 is 5.97 Å². The summed E-state index contributed by atoms with van der Waals surface area (Å²) < 4.78 is 4.87. The van der Waals surface area contributed by atoms with Gasteiger partial charge in [-0.1, -0.05) is 0 Å². The molecule has 1 saturated heterocycles. The first-order valence-corrected chi connectivity index (χ1v) is 4.48. The molecule has 0 aromatic heterocycles. The minimum Gasteiger partial charge on any atom is -0.464 e. The lowest BCUT2D eigenvalue weighted by Crippen LogP contribution is -2.47. The lowest BCUT2D eigenvalue weighted by molar-refractivity contribution is -0.146. The molecule has 0 aromatic rings. The van der Waals surface area contributed by atoms with Gasteiger partial charge in [0.1, 0.15) is 0 Å². The van der Waals surface area contributed by atoms with Crippen LogP contribution < -0.4 is 10.6 Å². The highest BCUT2D eigenvalue weighted by molar-refractivity contribution is 5.75. The van der Waals surface area contributed by atoms with Gasteiger partial charge in [0.2, 0.25) is 0 Å². The largest absolute Gasteiger partial charge is 0.464 e. The third-order valence-electron chi connectivity index (χ3n) is 1.82. The Balaban J connectivity index is 2.32. The van der Waals surface area contributed by atoms with Gasteiger partial charge in [0, 0.05) is 0 Å². The summed E-state index contributed by atoms with van der Waals surface area (Å²) in [6.07, 6.45) is 1.93. The van der Waals surface area contributed by atoms with E-state index in [2.05, 4.69) is 10.6 Å². The zero-order valence-corrected chi connectivity index (χ0v) is 7.43. The van der Waals surface area contributed by atoms with Crippen molar-refractivity contribution in [3.8, 4) is 0 Å². The van der Waals surface area contributed by atoms with E-state index in [9.17, 15) is 4.79 Å². The predicted octanol–water partition coefficient (Wildman–Crippen LogP) is -0.151. The van der Waals surface area contributed by atoms with Gasteiger partial charge in [0.25, 0.3) is 0 Å². The van der Waals surface area contributed by atoms with Crippen molar-refractivity contribution < 1.29 is 9.53 Å². The first-order valence-electron chi connectivity index (χ1n) is 4.48. The van der Waals surface area contributed by atoms with Crippen molar-refractivity contribution in [2.75, 3.05) is 19.7 Å². The van der Waals surface area contributed by atoms with Gasteiger partial charge in [-0.3, -0.25) is 10.6 Å². The van der Waals surface area contributed by atoms with Crippen LogP contribution in [-0.4, -0.2) is 31.8 Å². The summed E-state index contributed by atoms with van der Waals surface area (Å²) in [6.45, 7) is 4.03. The van der Waals surface area contributed by atoms with E-state index in [1.54, 1.807) is 0 Å². The van der Waals surface area contributed by atoms with Crippen molar-refractivity contribution in [1.82, 2.24) is 10.6 Å². The van der Waals surface area contributed by atoms with Crippen LogP contribution in [0.5, 0.6) is 0 Å². The van der Waals surface area contributed by atoms with Gasteiger partial charge in [-0.15, -0.1) is 0 Å². The summed E-state index contributed by atoms with van der Waals surface area (Å²) in [5.41, 5.74) is 0. The highest BCUT2D eigenvalue weighted by Gasteiger charge is 2.19. The number of carbonyl (C=O) groups is 1. The van der Waals surface area contributed by atoms with Crippen LogP contribution in [0.4, 0.5) is 0 Å². The molecule has 0 aromatic carbocycles. The Morgan fingerprint density at radius 2 is 2.00 bits per heavy atom. The van der Waals surface area contributed by atoms with Crippen LogP contribution in [0.3, 0.4) is 0 Å². The lowest BCUT2D eigenvalue weighted by Gasteiger charge is -2.14. The molecule has 0 bridgehead atoms. The fourth-order valence-electron chi connectivity index (χ4n) is 1.21. The zero-order chi connectivity index (χ0) is 8.81. The molecule has 1 aliphatic rings. The standard InChI is InChI=1S/C8H16N2O2/c1-2-12-8(11)7-9-5-3-4-6-10-7/h7,9-10H,2-6H2,1H3. The number of hydrogen-bond acceptors (Lipinski definition) is 4. The molecule has 0 unspecified atom stereocenters. The van der Waals surface area contributed by atoms with E-state index in [4.69, 9.17) is 4.74 Å². The Hall–Kier alpha value is -0.610. The maximum atomic E-state index is 11.2. The Labute approximate surface area is 72.7 Å². The Morgan fingerprint density at radius 3 is 2.50 bits per heavy atom. The summed E-state index contributed by atoms with van der Waals surface area (Å²) >= 11 is 0. The van der Waals surface area contributed by atoms with Gasteiger partial charge in [-0.25, -0.2) is 4.79 Å². The van der Waals surface area contributed by atoms with Crippen molar-refractivity contribution in [2.24, 2.45) is 0 Å². The maximum Gasteiger partial charge on any atom is 0.338 e. The Morgan fingerprint density at radius 1 is 1.42 bits per heavy atom. The molecule has 70 valence electrons. The fraction of sp³-hybridized carbons (Fsp3) is 0.875. The van der Waals surface area contributed by atoms with Crippen LogP contribution in [-0.2, 0) is 9.53 Å². The summed E-state index contributed by atoms with van der Waals surface area (Å²) in [5, 5.41) is 6.16. The average Bonchev–Trinajstić information content (AvgIpc) is 2.32. The third kappa shape index (κ3) is 2.79. The quantitative estimate of drug-likeness (QED) is 0.569. The number of hydrogen-bond donors (Lipinski definition) is 2. The number of rotatable bonds is 2. The van der Waals surface area contributed by atoms with Gasteiger partial charge in [-0.2, -0.15) is 0 Å². The normalized spacial score (nSPS) is 20.1. The summed E-state index contributed by atoms with van der Waals surface area (Å²) in [5.74, 6) is -0.195. The van der Waals surface area contributed by atoms with Crippen LogP contribution in [0.2, 0.25) is 0 Å². The summed E-state index contributed by atoms with van der Waals surface area (Å²) in [4.78, 5) is 11.2. The van der Waals surface area contributed by atoms with Crippen molar-refractivity contribution in [3.63, 3.8) is 0 Å². The minimum atomic E-state index is -0.299. The van der Waals surface area contributed by atoms with Crippen LogP contribution >= 0.6 is 0 Å². The molecule has 1 rings (SSSR count). The van der Waals surface area contributed by atoms with Crippen molar-refractivity contribution in [3.05, 3.63) is 0 Å². The number of ether oxygens (including phenoxy) is 1. The van der Waals surface area contributed by atoms with Gasteiger partial charge >= 0.3 is 5.97 Å². The minimum absolute atomic E-state index is 0.195. The molecule has 12 heavy (non-hydrogen) atoms. The average molecular weight is 172 g/mol. The highest BCUT2D eigenvalue weighted by Crippen LogP contribution is 1.94. The molecule has 0 radical (unpaired) electrons. The van der Waals surface area contributed by atoms with E-state index < -0.39 is 0 Å². The first-order chi connectivity index (χ1) is 5.84. The summed E-state index contributed by atoms with van der Waals surface area (Å²) in [7, 11) is 0. The topological polar surface area (TPSA) is 50.4 Å². The van der Waals surface area contributed by atoms with Crippen molar-refractivity contribution in [2.45, 2.75) is 25.9 Å². The van der Waals surface area contributed by atoms with Gasteiger partial charge in [0.15, 0.2) is 6.17 Å². The highest BCUT2D eigenvalue weighted by atomic mass is 16.5. The van der Waals surface area contributed by atoms with E-state index in [1.807, 2.05) is 6.92 Å². The second-order valence-corrected chi connectivity index (χ2v) is 2.80. The van der Waals surface area contributed by atoms with E-state index in [0.29, 0.717) is 6.61 Å². The molecule has 1 fully saturated rings. The van der Waals surface area contributed by atoms with Crippen LogP contribution in [0.25, 0.3) is 0 Å². The van der Waals surface area contributed by atoms with Gasteiger partial charge in [-0.05, 0) is 32.9 Å². The van der Waals surface area contributed by atoms with E-state index in [1.165, 1.54) is 0 Å². The van der Waals surface area contributed by atoms with Crippen LogP contribution in [0, 0.1) is 0 Å². The molecule has 4 heteroatoms. The second-order valence-electron chi connectivity index (χ2n) is 2.80. The number of esters is 1. The Kier molecular flexibility index (Phi) is 4.04. The molecule has 0 saturated carbocycles. The predicted molar refractivity (Wildman–Crippen MR) is 45.7 cm³/mol. The van der Waals surface area contributed by atoms with Gasteiger partial charge in [0.05, 0.1) is 6.61 Å². The molecule has 0 amide bonds. The maximum absolute atomic E-state index is 11.2. The smallest absolute Gasteiger partial charge is 0.338 e. The van der Waals surface area contributed by atoms with E-state index >= 15 is 0 Å². The molecule has 2 N–H and O–H groups in total. The fourth-order valence-corrected chi connectivity index (χ4v) is 1.21. The third-order valence-corrected chi connectivity index (χ3v) is 1.82. The van der Waals surface area contributed by atoms with Crippen molar-refractivity contribution in [1.29, 1.82) is 0 Å². The molecular formula is C8H16N2O2. The number of carbonyl (C=O) groups excluding carboxylic acids is 1. The molecule has 0 spiro atoms. The molecule has 0 atom stereocenters. The van der Waals surface area contributed by atoms with Gasteiger partial charge < -0.3 is 4.74 Å². The monoisotopic (exact) mass is 172 g/mol. The number of nitrogens with one attached hydrogen (secondary N) is 2. The SMILES string of the molecule is CCOC(=O)C1NCCCCN1. The molecule has 1 heterocycles. The second kappa shape index (κ2) is 5.11. The summed E-state index contributed by atoms with van der Waals surface area (Å²) in [6, 6.07) is 0. The van der Waals surface area contributed by atoms with E-state index in [0.717, 1.165) is 25.9 Å².